The molecule has 1 atom stereocenters. The van der Waals surface area contributed by atoms with E-state index in [1.54, 1.807) is 0 Å². The Morgan fingerprint density at radius 3 is 2.79 bits per heavy atom. The lowest BCUT2D eigenvalue weighted by molar-refractivity contribution is 0.645. The number of nitrogens with one attached hydrogen (secondary N) is 1. The lowest BCUT2D eigenvalue weighted by atomic mass is 10.1. The first kappa shape index (κ1) is 11.5. The van der Waals surface area contributed by atoms with Gasteiger partial charge < -0.3 is 22.3 Å². The Morgan fingerprint density at radius 2 is 2.05 bits per heavy atom. The van der Waals surface area contributed by atoms with E-state index in [4.69, 9.17) is 17.3 Å². The summed E-state index contributed by atoms with van der Waals surface area (Å²) >= 11 is 0. The fraction of sp³-hybridized carbons (Fsp3) is 0.167. The molecule has 0 saturated heterocycles. The van der Waals surface area contributed by atoms with Crippen LogP contribution in [0.1, 0.15) is 17.4 Å². The zero-order valence-corrected chi connectivity index (χ0v) is 10.2. The van der Waals surface area contributed by atoms with Crippen molar-refractivity contribution < 1.29 is 0 Å². The van der Waals surface area contributed by atoms with E-state index >= 15 is 0 Å². The molecule has 0 spiro atoms. The van der Waals surface area contributed by atoms with Crippen molar-refractivity contribution in [3.63, 3.8) is 0 Å². The minimum atomic E-state index is -0.353. The van der Waals surface area contributed by atoms with Gasteiger partial charge in [-0.25, -0.2) is 4.68 Å². The van der Waals surface area contributed by atoms with Crippen LogP contribution in [0.15, 0.2) is 30.5 Å². The van der Waals surface area contributed by atoms with Crippen molar-refractivity contribution >= 4 is 16.9 Å². The number of hydrogen-bond donors (Lipinski definition) is 4. The molecule has 0 aliphatic carbocycles. The van der Waals surface area contributed by atoms with Gasteiger partial charge in [-0.2, -0.15) is 0 Å². The Kier molecular flexibility index (Phi) is 2.60. The lowest BCUT2D eigenvalue weighted by Gasteiger charge is -2.09. The van der Waals surface area contributed by atoms with Gasteiger partial charge in [0.05, 0.1) is 6.04 Å². The first-order valence-corrected chi connectivity index (χ1v) is 5.93. The normalized spacial score (nSPS) is 12.9. The molecule has 19 heavy (non-hydrogen) atoms. The summed E-state index contributed by atoms with van der Waals surface area (Å²) in [5.74, 6) is 6.36. The van der Waals surface area contributed by atoms with E-state index < -0.39 is 0 Å². The molecule has 7 N–H and O–H groups in total. The molecule has 7 heteroatoms. The van der Waals surface area contributed by atoms with Crippen LogP contribution in [0.5, 0.6) is 0 Å². The number of fused-ring (bicyclic) bond motifs is 1. The number of H-pyrrole nitrogens is 1. The topological polar surface area (TPSA) is 125 Å². The molecule has 0 saturated carbocycles. The third-order valence-electron chi connectivity index (χ3n) is 3.19. The van der Waals surface area contributed by atoms with Gasteiger partial charge in [0.25, 0.3) is 0 Å². The minimum Gasteiger partial charge on any atom is -0.366 e. The number of para-hydroxylation sites is 1. The van der Waals surface area contributed by atoms with Crippen LogP contribution < -0.4 is 17.3 Å². The van der Waals surface area contributed by atoms with Gasteiger partial charge in [0, 0.05) is 17.1 Å². The number of nitrogen functional groups attached to an aromatic ring is 2. The molecule has 2 heterocycles. The number of hydrogen-bond acceptors (Lipinski definition) is 5. The Morgan fingerprint density at radius 1 is 1.26 bits per heavy atom. The Labute approximate surface area is 109 Å². The largest absolute Gasteiger partial charge is 0.366 e. The summed E-state index contributed by atoms with van der Waals surface area (Å²) in [6.07, 6.45) is 2.56. The SMILES string of the molecule is Nc1nnc([C@H](N)Cc2c[nH]c3ccccc23)n1N. The number of nitrogens with zero attached hydrogens (tertiary/aromatic N) is 3. The molecule has 2 aromatic heterocycles. The Balaban J connectivity index is 1.91. The molecule has 3 rings (SSSR count). The second-order valence-corrected chi connectivity index (χ2v) is 4.46. The molecule has 0 radical (unpaired) electrons. The molecule has 3 aromatic rings. The van der Waals surface area contributed by atoms with Crippen LogP contribution in [0.4, 0.5) is 5.95 Å². The second kappa shape index (κ2) is 4.29. The summed E-state index contributed by atoms with van der Waals surface area (Å²) in [6, 6.07) is 7.70. The highest BCUT2D eigenvalue weighted by Crippen LogP contribution is 2.22. The number of rotatable bonds is 3. The van der Waals surface area contributed by atoms with Crippen molar-refractivity contribution in [1.29, 1.82) is 0 Å². The first-order valence-electron chi connectivity index (χ1n) is 5.93. The molecular formula is C12H15N7. The predicted octanol–water partition coefficient (Wildman–Crippen LogP) is 0.298. The van der Waals surface area contributed by atoms with Gasteiger partial charge in [-0.05, 0) is 18.1 Å². The smallest absolute Gasteiger partial charge is 0.240 e. The predicted molar refractivity (Wildman–Crippen MR) is 73.5 cm³/mol. The molecule has 7 nitrogen and oxygen atoms in total. The van der Waals surface area contributed by atoms with E-state index in [2.05, 4.69) is 21.2 Å². The fourth-order valence-corrected chi connectivity index (χ4v) is 2.20. The van der Waals surface area contributed by atoms with E-state index in [0.717, 1.165) is 16.5 Å². The Bertz CT molecular complexity index is 712. The van der Waals surface area contributed by atoms with Crippen molar-refractivity contribution in [2.24, 2.45) is 5.73 Å². The molecule has 0 aliphatic heterocycles. The van der Waals surface area contributed by atoms with Gasteiger partial charge in [-0.1, -0.05) is 18.2 Å². The van der Waals surface area contributed by atoms with Gasteiger partial charge in [0.15, 0.2) is 5.82 Å². The minimum absolute atomic E-state index is 0.157. The molecule has 0 aliphatic rings. The van der Waals surface area contributed by atoms with Crippen LogP contribution in [0.2, 0.25) is 0 Å². The summed E-state index contributed by atoms with van der Waals surface area (Å²) in [6.45, 7) is 0. The van der Waals surface area contributed by atoms with Crippen molar-refractivity contribution in [3.8, 4) is 0 Å². The number of anilines is 1. The summed E-state index contributed by atoms with van der Waals surface area (Å²) in [5, 5.41) is 8.76. The van der Waals surface area contributed by atoms with Crippen molar-refractivity contribution in [2.45, 2.75) is 12.5 Å². The lowest BCUT2D eigenvalue weighted by Crippen LogP contribution is -2.23. The average Bonchev–Trinajstić information content (AvgIpc) is 2.96. The third-order valence-corrected chi connectivity index (χ3v) is 3.19. The number of benzene rings is 1. The average molecular weight is 257 g/mol. The maximum atomic E-state index is 6.12. The third kappa shape index (κ3) is 1.89. The molecule has 1 aromatic carbocycles. The van der Waals surface area contributed by atoms with Gasteiger partial charge >= 0.3 is 0 Å². The van der Waals surface area contributed by atoms with Crippen molar-refractivity contribution in [1.82, 2.24) is 19.9 Å². The van der Waals surface area contributed by atoms with Crippen molar-refractivity contribution in [3.05, 3.63) is 41.9 Å². The van der Waals surface area contributed by atoms with Crippen molar-refractivity contribution in [2.75, 3.05) is 11.6 Å². The second-order valence-electron chi connectivity index (χ2n) is 4.46. The van der Waals surface area contributed by atoms with E-state index in [1.807, 2.05) is 24.4 Å². The highest BCUT2D eigenvalue weighted by atomic mass is 15.4. The summed E-state index contributed by atoms with van der Waals surface area (Å²) in [4.78, 5) is 3.21. The molecule has 98 valence electrons. The van der Waals surface area contributed by atoms with Crippen LogP contribution in [0.3, 0.4) is 0 Å². The van der Waals surface area contributed by atoms with Crippen LogP contribution in [-0.2, 0) is 6.42 Å². The Hall–Kier alpha value is -2.54. The van der Waals surface area contributed by atoms with Crippen LogP contribution in [0.25, 0.3) is 10.9 Å². The summed E-state index contributed by atoms with van der Waals surface area (Å²) in [7, 11) is 0. The van der Waals surface area contributed by atoms with E-state index in [9.17, 15) is 0 Å². The highest BCUT2D eigenvalue weighted by Gasteiger charge is 2.17. The zero-order valence-electron chi connectivity index (χ0n) is 10.2. The van der Waals surface area contributed by atoms with Gasteiger partial charge in [-0.3, -0.25) is 0 Å². The molecular weight excluding hydrogens is 242 g/mol. The van der Waals surface area contributed by atoms with Crippen LogP contribution in [-0.4, -0.2) is 19.9 Å². The van der Waals surface area contributed by atoms with Gasteiger partial charge in [0.1, 0.15) is 0 Å². The fourth-order valence-electron chi connectivity index (χ4n) is 2.20. The summed E-state index contributed by atoms with van der Waals surface area (Å²) < 4.78 is 1.22. The number of aromatic amines is 1. The molecule has 0 amide bonds. The standard InChI is InChI=1S/C12H15N7/c13-9(11-17-18-12(14)19(11)15)5-7-6-16-10-4-2-1-3-8(7)10/h1-4,6,9,16H,5,13,15H2,(H2,14,18)/t9-/m1/s1. The maximum absolute atomic E-state index is 6.12. The van der Waals surface area contributed by atoms with E-state index in [0.29, 0.717) is 12.2 Å². The molecule has 0 fully saturated rings. The zero-order chi connectivity index (χ0) is 13.4. The van der Waals surface area contributed by atoms with Gasteiger partial charge in [-0.15, -0.1) is 10.2 Å². The number of nitrogens with two attached hydrogens (primary N) is 3. The van der Waals surface area contributed by atoms with Gasteiger partial charge in [0.2, 0.25) is 5.95 Å². The van der Waals surface area contributed by atoms with E-state index in [-0.39, 0.29) is 12.0 Å². The van der Waals surface area contributed by atoms with Crippen LogP contribution in [0, 0.1) is 0 Å². The quantitative estimate of drug-likeness (QED) is 0.502. The first-order chi connectivity index (χ1) is 9.16. The molecule has 0 unspecified atom stereocenters. The highest BCUT2D eigenvalue weighted by molar-refractivity contribution is 5.83. The van der Waals surface area contributed by atoms with Crippen LogP contribution >= 0.6 is 0 Å². The molecule has 0 bridgehead atoms. The monoisotopic (exact) mass is 257 g/mol. The maximum Gasteiger partial charge on any atom is 0.240 e. The number of aromatic nitrogens is 4. The summed E-state index contributed by atoms with van der Waals surface area (Å²) in [5.41, 5.74) is 13.9. The van der Waals surface area contributed by atoms with E-state index in [1.165, 1.54) is 4.68 Å².